The molecule has 1 saturated heterocycles. The third-order valence-electron chi connectivity index (χ3n) is 5.66. The van der Waals surface area contributed by atoms with Crippen LogP contribution in [0.15, 0.2) is 61.1 Å². The Balaban J connectivity index is 1.50. The van der Waals surface area contributed by atoms with Crippen LogP contribution in [0.25, 0.3) is 27.8 Å². The zero-order valence-corrected chi connectivity index (χ0v) is 15.9. The van der Waals surface area contributed by atoms with Crippen LogP contribution in [-0.4, -0.2) is 22.4 Å². The summed E-state index contributed by atoms with van der Waals surface area (Å²) < 4.78 is 0. The molecule has 0 saturated carbocycles. The minimum absolute atomic E-state index is 0.214. The Morgan fingerprint density at radius 2 is 1.82 bits per heavy atom. The first-order chi connectivity index (χ1) is 13.7. The van der Waals surface area contributed by atoms with Crippen LogP contribution >= 0.6 is 0 Å². The van der Waals surface area contributed by atoms with E-state index in [2.05, 4.69) is 47.2 Å². The minimum Gasteiger partial charge on any atom is -0.312 e. The normalized spacial score (nSPS) is 15.7. The van der Waals surface area contributed by atoms with Crippen molar-refractivity contribution >= 4 is 17.2 Å². The fraction of sp³-hybridized carbons (Fsp3) is 0.208. The van der Waals surface area contributed by atoms with E-state index in [4.69, 9.17) is 0 Å². The lowest BCUT2D eigenvalue weighted by atomic mass is 9.96. The Labute approximate surface area is 164 Å². The molecule has 28 heavy (non-hydrogen) atoms. The van der Waals surface area contributed by atoms with Crippen LogP contribution in [-0.2, 0) is 11.2 Å². The van der Waals surface area contributed by atoms with E-state index in [1.165, 1.54) is 16.7 Å². The van der Waals surface area contributed by atoms with Gasteiger partial charge in [0.05, 0.1) is 5.69 Å². The lowest BCUT2D eigenvalue weighted by molar-refractivity contribution is -0.117. The topological polar surface area (TPSA) is 46.1 Å². The van der Waals surface area contributed by atoms with Crippen molar-refractivity contribution in [2.45, 2.75) is 26.2 Å². The molecule has 3 heterocycles. The predicted octanol–water partition coefficient (Wildman–Crippen LogP) is 4.90. The van der Waals surface area contributed by atoms with E-state index >= 15 is 0 Å². The summed E-state index contributed by atoms with van der Waals surface area (Å²) >= 11 is 0. The number of pyridine rings is 2. The fourth-order valence-electron chi connectivity index (χ4n) is 4.19. The Bertz CT molecular complexity index is 1100. The van der Waals surface area contributed by atoms with Crippen LogP contribution in [0.3, 0.4) is 0 Å². The second-order valence-electron chi connectivity index (χ2n) is 7.43. The monoisotopic (exact) mass is 367 g/mol. The molecule has 1 fully saturated rings. The molecule has 0 bridgehead atoms. The lowest BCUT2D eigenvalue weighted by Crippen LogP contribution is -2.23. The third-order valence-corrected chi connectivity index (χ3v) is 5.66. The number of benzene rings is 1. The third kappa shape index (κ3) is 2.82. The summed E-state index contributed by atoms with van der Waals surface area (Å²) in [6.45, 7) is 2.96. The number of fused-ring (bicyclic) bond motifs is 1. The molecule has 2 aliphatic rings. The average Bonchev–Trinajstić information content (AvgIpc) is 3.34. The summed E-state index contributed by atoms with van der Waals surface area (Å²) in [7, 11) is 0. The molecular formula is C24H21N3O. The standard InChI is InChI=1S/C24H21N3O/c1-16-4-9-22-24(16)21(10-11-26-22)19-13-18(14-25-15-19)17-5-7-20(8-6-17)27-12-2-3-23(27)28/h4-8,10-11,13-15H,2-3,9,12H2,1H3. The van der Waals surface area contributed by atoms with Gasteiger partial charge < -0.3 is 4.90 Å². The van der Waals surface area contributed by atoms with Crippen molar-refractivity contribution in [2.75, 3.05) is 11.4 Å². The molecule has 1 aromatic carbocycles. The van der Waals surface area contributed by atoms with Gasteiger partial charge in [0.1, 0.15) is 0 Å². The van der Waals surface area contributed by atoms with Gasteiger partial charge in [0, 0.05) is 60.4 Å². The molecule has 3 aromatic rings. The van der Waals surface area contributed by atoms with Crippen LogP contribution in [0.5, 0.6) is 0 Å². The Morgan fingerprint density at radius 3 is 2.61 bits per heavy atom. The quantitative estimate of drug-likeness (QED) is 0.662. The molecule has 4 nitrogen and oxygen atoms in total. The maximum absolute atomic E-state index is 12.0. The average molecular weight is 367 g/mol. The number of rotatable bonds is 3. The van der Waals surface area contributed by atoms with E-state index in [0.29, 0.717) is 6.42 Å². The number of allylic oxidation sites excluding steroid dienone is 2. The van der Waals surface area contributed by atoms with Gasteiger partial charge in [-0.25, -0.2) is 0 Å². The van der Waals surface area contributed by atoms with Crippen LogP contribution in [0.1, 0.15) is 31.0 Å². The number of aromatic nitrogens is 2. The summed E-state index contributed by atoms with van der Waals surface area (Å²) in [6.07, 6.45) is 10.4. The van der Waals surface area contributed by atoms with Gasteiger partial charge in [0.2, 0.25) is 5.91 Å². The zero-order valence-electron chi connectivity index (χ0n) is 15.9. The van der Waals surface area contributed by atoms with Crippen molar-refractivity contribution in [3.05, 3.63) is 72.3 Å². The number of amides is 1. The van der Waals surface area contributed by atoms with Crippen LogP contribution in [0.2, 0.25) is 0 Å². The van der Waals surface area contributed by atoms with E-state index in [9.17, 15) is 4.79 Å². The highest BCUT2D eigenvalue weighted by Gasteiger charge is 2.21. The molecule has 2 aromatic heterocycles. The molecule has 0 N–H and O–H groups in total. The van der Waals surface area contributed by atoms with Crippen LogP contribution in [0, 0.1) is 0 Å². The number of hydrogen-bond acceptors (Lipinski definition) is 3. The van der Waals surface area contributed by atoms with Gasteiger partial charge in [0.15, 0.2) is 0 Å². The molecule has 1 aliphatic carbocycles. The molecule has 0 atom stereocenters. The first-order valence-electron chi connectivity index (χ1n) is 9.72. The van der Waals surface area contributed by atoms with Gasteiger partial charge >= 0.3 is 0 Å². The van der Waals surface area contributed by atoms with Gasteiger partial charge in [-0.3, -0.25) is 14.8 Å². The second-order valence-corrected chi connectivity index (χ2v) is 7.43. The van der Waals surface area contributed by atoms with Crippen molar-refractivity contribution in [3.63, 3.8) is 0 Å². The van der Waals surface area contributed by atoms with Gasteiger partial charge in [-0.15, -0.1) is 0 Å². The number of carbonyl (C=O) groups is 1. The largest absolute Gasteiger partial charge is 0.312 e. The number of nitrogens with zero attached hydrogens (tertiary/aromatic N) is 3. The second kappa shape index (κ2) is 6.71. The van der Waals surface area contributed by atoms with Gasteiger partial charge in [0.25, 0.3) is 0 Å². The highest BCUT2D eigenvalue weighted by molar-refractivity contribution is 5.95. The molecule has 0 unspecified atom stereocenters. The summed E-state index contributed by atoms with van der Waals surface area (Å²) in [5.74, 6) is 0.214. The molecule has 138 valence electrons. The van der Waals surface area contributed by atoms with Crippen LogP contribution in [0.4, 0.5) is 5.69 Å². The van der Waals surface area contributed by atoms with Crippen LogP contribution < -0.4 is 4.90 Å². The summed E-state index contributed by atoms with van der Waals surface area (Å²) in [6, 6.07) is 12.5. The first kappa shape index (κ1) is 16.9. The Kier molecular flexibility index (Phi) is 4.05. The van der Waals surface area contributed by atoms with E-state index in [1.807, 2.05) is 35.6 Å². The molecule has 1 aliphatic heterocycles. The Morgan fingerprint density at radius 1 is 1.00 bits per heavy atom. The van der Waals surface area contributed by atoms with Crippen molar-refractivity contribution in [2.24, 2.45) is 0 Å². The van der Waals surface area contributed by atoms with E-state index in [1.54, 1.807) is 0 Å². The smallest absolute Gasteiger partial charge is 0.227 e. The maximum Gasteiger partial charge on any atom is 0.227 e. The molecule has 5 rings (SSSR count). The van der Waals surface area contributed by atoms with E-state index in [-0.39, 0.29) is 5.91 Å². The number of carbonyl (C=O) groups excluding carboxylic acids is 1. The molecule has 4 heteroatoms. The molecule has 1 amide bonds. The predicted molar refractivity (Wildman–Crippen MR) is 112 cm³/mol. The summed E-state index contributed by atoms with van der Waals surface area (Å²) in [5, 5.41) is 0. The minimum atomic E-state index is 0.214. The van der Waals surface area contributed by atoms with Crippen molar-refractivity contribution in [3.8, 4) is 22.3 Å². The van der Waals surface area contributed by atoms with Gasteiger partial charge in [-0.2, -0.15) is 0 Å². The molecular weight excluding hydrogens is 346 g/mol. The van der Waals surface area contributed by atoms with Crippen molar-refractivity contribution < 1.29 is 4.79 Å². The fourth-order valence-corrected chi connectivity index (χ4v) is 4.19. The highest BCUT2D eigenvalue weighted by atomic mass is 16.2. The molecule has 0 spiro atoms. The number of anilines is 1. The van der Waals surface area contributed by atoms with E-state index < -0.39 is 0 Å². The summed E-state index contributed by atoms with van der Waals surface area (Å²) in [5.41, 5.74) is 9.09. The maximum atomic E-state index is 12.0. The Hall–Kier alpha value is -3.27. The summed E-state index contributed by atoms with van der Waals surface area (Å²) in [4.78, 5) is 22.8. The molecule has 0 radical (unpaired) electrons. The first-order valence-corrected chi connectivity index (χ1v) is 9.72. The highest BCUT2D eigenvalue weighted by Crippen LogP contribution is 2.36. The van der Waals surface area contributed by atoms with Gasteiger partial charge in [-0.05, 0) is 54.3 Å². The van der Waals surface area contributed by atoms with E-state index in [0.717, 1.165) is 47.5 Å². The number of hydrogen-bond donors (Lipinski definition) is 0. The lowest BCUT2D eigenvalue weighted by Gasteiger charge is -2.16. The van der Waals surface area contributed by atoms with Crippen molar-refractivity contribution in [1.29, 1.82) is 0 Å². The SMILES string of the molecule is CC1=CCc2nccc(-c3cncc(-c4ccc(N5CCCC5=O)cc4)c3)c21. The van der Waals surface area contributed by atoms with Gasteiger partial charge in [-0.1, -0.05) is 18.2 Å². The van der Waals surface area contributed by atoms with Crippen molar-refractivity contribution in [1.82, 2.24) is 9.97 Å². The zero-order chi connectivity index (χ0) is 19.1.